The van der Waals surface area contributed by atoms with E-state index in [4.69, 9.17) is 9.26 Å². The summed E-state index contributed by atoms with van der Waals surface area (Å²) in [6, 6.07) is 8.75. The van der Waals surface area contributed by atoms with Crippen LogP contribution in [0, 0.1) is 13.8 Å². The molecule has 3 rings (SSSR count). The van der Waals surface area contributed by atoms with E-state index in [2.05, 4.69) is 53.2 Å². The Labute approximate surface area is 124 Å². The maximum atomic E-state index is 6.02. The summed E-state index contributed by atoms with van der Waals surface area (Å²) in [5.41, 5.74) is 2.53. The third kappa shape index (κ3) is 3.14. The monoisotopic (exact) mass is 287 g/mol. The molecule has 2 aromatic rings. The van der Waals surface area contributed by atoms with Crippen LogP contribution in [0.3, 0.4) is 0 Å². The van der Waals surface area contributed by atoms with Crippen LogP contribution in [0.5, 0.6) is 0 Å². The first-order valence-electron chi connectivity index (χ1n) is 7.34. The Hall–Kier alpha value is -1.72. The van der Waals surface area contributed by atoms with Gasteiger partial charge < -0.3 is 9.26 Å². The number of hydrogen-bond acceptors (Lipinski definition) is 5. The highest BCUT2D eigenvalue weighted by Crippen LogP contribution is 2.27. The number of nitrogens with zero attached hydrogens (tertiary/aromatic N) is 3. The molecule has 1 aromatic heterocycles. The van der Waals surface area contributed by atoms with Gasteiger partial charge in [0.2, 0.25) is 5.89 Å². The predicted octanol–water partition coefficient (Wildman–Crippen LogP) is 2.65. The van der Waals surface area contributed by atoms with Gasteiger partial charge in [0.1, 0.15) is 0 Å². The van der Waals surface area contributed by atoms with E-state index >= 15 is 0 Å². The van der Waals surface area contributed by atoms with Gasteiger partial charge in [0.25, 0.3) is 0 Å². The molecule has 0 unspecified atom stereocenters. The smallest absolute Gasteiger partial charge is 0.223 e. The van der Waals surface area contributed by atoms with Crippen LogP contribution in [0.4, 0.5) is 0 Å². The van der Waals surface area contributed by atoms with Crippen molar-refractivity contribution >= 4 is 0 Å². The van der Waals surface area contributed by atoms with Gasteiger partial charge in [0.15, 0.2) is 5.82 Å². The van der Waals surface area contributed by atoms with Gasteiger partial charge in [-0.25, -0.2) is 0 Å². The van der Waals surface area contributed by atoms with Crippen molar-refractivity contribution in [1.29, 1.82) is 0 Å². The molecule has 5 nitrogen and oxygen atoms in total. The summed E-state index contributed by atoms with van der Waals surface area (Å²) in [4.78, 5) is 6.65. The average molecular weight is 287 g/mol. The Bertz CT molecular complexity index is 611. The van der Waals surface area contributed by atoms with Crippen molar-refractivity contribution in [3.63, 3.8) is 0 Å². The second kappa shape index (κ2) is 5.95. The largest absolute Gasteiger partial charge is 0.371 e. The minimum atomic E-state index is 0.107. The maximum Gasteiger partial charge on any atom is 0.223 e. The molecule has 1 saturated heterocycles. The summed E-state index contributed by atoms with van der Waals surface area (Å²) >= 11 is 0. The molecule has 0 bridgehead atoms. The zero-order chi connectivity index (χ0) is 14.8. The normalized spacial score (nSPS) is 23.4. The second-order valence-electron chi connectivity index (χ2n) is 5.69. The molecule has 0 saturated carbocycles. The van der Waals surface area contributed by atoms with E-state index in [9.17, 15) is 0 Å². The highest BCUT2D eigenvalue weighted by Gasteiger charge is 2.28. The second-order valence-corrected chi connectivity index (χ2v) is 5.69. The van der Waals surface area contributed by atoms with E-state index in [1.165, 1.54) is 11.1 Å². The van der Waals surface area contributed by atoms with Gasteiger partial charge >= 0.3 is 0 Å². The zero-order valence-electron chi connectivity index (χ0n) is 12.7. The first kappa shape index (κ1) is 14.2. The summed E-state index contributed by atoms with van der Waals surface area (Å²) in [6.45, 7) is 8.37. The van der Waals surface area contributed by atoms with E-state index < -0.39 is 0 Å². The van der Waals surface area contributed by atoms with Gasteiger partial charge in [-0.2, -0.15) is 4.98 Å². The fourth-order valence-electron chi connectivity index (χ4n) is 2.75. The van der Waals surface area contributed by atoms with E-state index in [1.807, 2.05) is 6.92 Å². The highest BCUT2D eigenvalue weighted by molar-refractivity contribution is 5.28. The van der Waals surface area contributed by atoms with Crippen molar-refractivity contribution in [2.24, 2.45) is 0 Å². The molecule has 5 heteroatoms. The van der Waals surface area contributed by atoms with Crippen LogP contribution in [0.2, 0.25) is 0 Å². The standard InChI is InChI=1S/C16H21N3O2/c1-11-6-4-5-7-14(11)15-8-19(12(2)10-20-15)9-16-17-13(3)21-18-16/h4-7,12,15H,8-10H2,1-3H3/t12-,15+/m0/s1. The molecule has 1 aliphatic heterocycles. The summed E-state index contributed by atoms with van der Waals surface area (Å²) < 4.78 is 11.1. The van der Waals surface area contributed by atoms with Crippen LogP contribution in [-0.4, -0.2) is 34.2 Å². The van der Waals surface area contributed by atoms with Crippen LogP contribution in [0.25, 0.3) is 0 Å². The minimum Gasteiger partial charge on any atom is -0.371 e. The Morgan fingerprint density at radius 2 is 2.10 bits per heavy atom. The van der Waals surface area contributed by atoms with Crippen molar-refractivity contribution < 1.29 is 9.26 Å². The molecule has 1 fully saturated rings. The van der Waals surface area contributed by atoms with Gasteiger partial charge in [-0.15, -0.1) is 0 Å². The molecule has 0 radical (unpaired) electrons. The van der Waals surface area contributed by atoms with E-state index in [0.717, 1.165) is 19.0 Å². The van der Waals surface area contributed by atoms with Gasteiger partial charge in [-0.3, -0.25) is 4.90 Å². The maximum absolute atomic E-state index is 6.02. The summed E-state index contributed by atoms with van der Waals surface area (Å²) in [6.07, 6.45) is 0.107. The summed E-state index contributed by atoms with van der Waals surface area (Å²) in [7, 11) is 0. The lowest BCUT2D eigenvalue weighted by atomic mass is 10.0. The molecule has 2 atom stereocenters. The number of benzene rings is 1. The third-order valence-corrected chi connectivity index (χ3v) is 4.01. The van der Waals surface area contributed by atoms with Crippen molar-refractivity contribution in [2.45, 2.75) is 39.5 Å². The highest BCUT2D eigenvalue weighted by atomic mass is 16.5. The number of aromatic nitrogens is 2. The van der Waals surface area contributed by atoms with E-state index in [0.29, 0.717) is 18.5 Å². The molecule has 0 N–H and O–H groups in total. The molecule has 2 heterocycles. The molecule has 0 amide bonds. The van der Waals surface area contributed by atoms with Crippen LogP contribution in [0.15, 0.2) is 28.8 Å². The van der Waals surface area contributed by atoms with Crippen molar-refractivity contribution in [2.75, 3.05) is 13.2 Å². The van der Waals surface area contributed by atoms with Crippen LogP contribution < -0.4 is 0 Å². The topological polar surface area (TPSA) is 51.4 Å². The Morgan fingerprint density at radius 3 is 2.81 bits per heavy atom. The van der Waals surface area contributed by atoms with Crippen LogP contribution in [0.1, 0.15) is 35.9 Å². The Balaban J connectivity index is 1.74. The molecule has 1 aliphatic rings. The first-order chi connectivity index (χ1) is 10.1. The minimum absolute atomic E-state index is 0.107. The number of rotatable bonds is 3. The van der Waals surface area contributed by atoms with Crippen LogP contribution in [-0.2, 0) is 11.3 Å². The van der Waals surface area contributed by atoms with E-state index in [-0.39, 0.29) is 6.10 Å². The van der Waals surface area contributed by atoms with Gasteiger partial charge in [-0.05, 0) is 25.0 Å². The fourth-order valence-corrected chi connectivity index (χ4v) is 2.75. The number of morpholine rings is 1. The van der Waals surface area contributed by atoms with Crippen molar-refractivity contribution in [3.05, 3.63) is 47.1 Å². The summed E-state index contributed by atoms with van der Waals surface area (Å²) in [5.74, 6) is 1.35. The van der Waals surface area contributed by atoms with E-state index in [1.54, 1.807) is 0 Å². The molecule has 1 aromatic carbocycles. The average Bonchev–Trinajstić information content (AvgIpc) is 2.87. The van der Waals surface area contributed by atoms with Crippen LogP contribution >= 0.6 is 0 Å². The quantitative estimate of drug-likeness (QED) is 0.868. The van der Waals surface area contributed by atoms with Gasteiger partial charge in [0.05, 0.1) is 19.3 Å². The molecule has 0 aliphatic carbocycles. The summed E-state index contributed by atoms with van der Waals surface area (Å²) in [5, 5.41) is 3.99. The predicted molar refractivity (Wildman–Crippen MR) is 78.8 cm³/mol. The molecule has 112 valence electrons. The third-order valence-electron chi connectivity index (χ3n) is 4.01. The lowest BCUT2D eigenvalue weighted by Gasteiger charge is -2.37. The molecular formula is C16H21N3O2. The zero-order valence-corrected chi connectivity index (χ0v) is 12.7. The fraction of sp³-hybridized carbons (Fsp3) is 0.500. The lowest BCUT2D eigenvalue weighted by molar-refractivity contribution is -0.0644. The van der Waals surface area contributed by atoms with Gasteiger partial charge in [0, 0.05) is 19.5 Å². The Kier molecular flexibility index (Phi) is 4.03. The molecular weight excluding hydrogens is 266 g/mol. The molecule has 0 spiro atoms. The lowest BCUT2D eigenvalue weighted by Crippen LogP contribution is -2.44. The first-order valence-corrected chi connectivity index (χ1v) is 7.34. The number of hydrogen-bond donors (Lipinski definition) is 0. The van der Waals surface area contributed by atoms with Crippen molar-refractivity contribution in [3.8, 4) is 0 Å². The van der Waals surface area contributed by atoms with Crippen molar-refractivity contribution in [1.82, 2.24) is 15.0 Å². The van der Waals surface area contributed by atoms with Gasteiger partial charge in [-0.1, -0.05) is 29.4 Å². The Morgan fingerprint density at radius 1 is 1.29 bits per heavy atom. The number of ether oxygens (including phenoxy) is 1. The SMILES string of the molecule is Cc1nc(CN2C[C@H](c3ccccc3C)OC[C@@H]2C)no1. The molecule has 21 heavy (non-hydrogen) atoms. The number of aryl methyl sites for hydroxylation is 2.